The highest BCUT2D eigenvalue weighted by Gasteiger charge is 2.12. The molecule has 0 radical (unpaired) electrons. The molecule has 3 rings (SSSR count). The van der Waals surface area contributed by atoms with Crippen LogP contribution in [0.3, 0.4) is 0 Å². The van der Waals surface area contributed by atoms with E-state index >= 15 is 0 Å². The van der Waals surface area contributed by atoms with Gasteiger partial charge in [0.15, 0.2) is 0 Å². The van der Waals surface area contributed by atoms with Crippen LogP contribution in [0.25, 0.3) is 11.4 Å². The van der Waals surface area contributed by atoms with Gasteiger partial charge in [0.25, 0.3) is 5.91 Å². The van der Waals surface area contributed by atoms with E-state index in [1.165, 1.54) is 12.1 Å². The molecule has 160 valence electrons. The second-order valence-corrected chi connectivity index (χ2v) is 6.51. The van der Waals surface area contributed by atoms with E-state index in [9.17, 15) is 14.4 Å². The minimum absolute atomic E-state index is 0.144. The van der Waals surface area contributed by atoms with Crippen molar-refractivity contribution in [3.05, 3.63) is 60.0 Å². The number of methoxy groups -OCH3 is 1. The molecule has 0 aliphatic rings. The number of carbonyl (C=O) groups is 3. The van der Waals surface area contributed by atoms with Crippen LogP contribution in [0, 0.1) is 0 Å². The third-order valence-corrected chi connectivity index (χ3v) is 4.24. The number of anilines is 1. The van der Waals surface area contributed by atoms with Gasteiger partial charge in [0.1, 0.15) is 5.75 Å². The summed E-state index contributed by atoms with van der Waals surface area (Å²) in [5.74, 6) is 0.208. The van der Waals surface area contributed by atoms with E-state index in [4.69, 9.17) is 15.0 Å². The molecule has 0 saturated carbocycles. The third-order valence-electron chi connectivity index (χ3n) is 4.24. The Bertz CT molecular complexity index is 1060. The standard InChI is InChI=1S/C21H21N5O5/c1-30-16-8-4-13(5-9-16)20-25-19(31-26-20)11-10-18(28)24-15-6-2-14(3-7-15)21(29)23-12-17(22)27/h2-9H,10-12H2,1H3,(H2,22,27)(H,23,29)(H,24,28). The molecule has 10 nitrogen and oxygen atoms in total. The molecule has 1 heterocycles. The molecule has 3 aromatic rings. The summed E-state index contributed by atoms with van der Waals surface area (Å²) in [4.78, 5) is 39.0. The van der Waals surface area contributed by atoms with Crippen molar-refractivity contribution in [1.82, 2.24) is 15.5 Å². The summed E-state index contributed by atoms with van der Waals surface area (Å²) >= 11 is 0. The van der Waals surface area contributed by atoms with Crippen LogP contribution in [0.4, 0.5) is 5.69 Å². The van der Waals surface area contributed by atoms with Gasteiger partial charge in [0.05, 0.1) is 13.7 Å². The minimum atomic E-state index is -0.630. The fourth-order valence-electron chi connectivity index (χ4n) is 2.63. The number of hydrogen-bond donors (Lipinski definition) is 3. The monoisotopic (exact) mass is 423 g/mol. The first-order valence-electron chi connectivity index (χ1n) is 9.38. The Morgan fingerprint density at radius 3 is 2.42 bits per heavy atom. The van der Waals surface area contributed by atoms with Crippen LogP contribution in [-0.2, 0) is 16.0 Å². The van der Waals surface area contributed by atoms with Crippen molar-refractivity contribution in [2.45, 2.75) is 12.8 Å². The molecular formula is C21H21N5O5. The number of rotatable bonds is 9. The molecule has 0 aliphatic carbocycles. The lowest BCUT2D eigenvalue weighted by Crippen LogP contribution is -2.33. The summed E-state index contributed by atoms with van der Waals surface area (Å²) in [6.07, 6.45) is 0.424. The number of amides is 3. The Labute approximate surface area is 177 Å². The second-order valence-electron chi connectivity index (χ2n) is 6.51. The van der Waals surface area contributed by atoms with E-state index in [0.717, 1.165) is 11.3 Å². The van der Waals surface area contributed by atoms with Crippen LogP contribution < -0.4 is 21.1 Å². The molecule has 31 heavy (non-hydrogen) atoms. The average Bonchev–Trinajstić information content (AvgIpc) is 3.26. The van der Waals surface area contributed by atoms with Crippen LogP contribution in [0.1, 0.15) is 22.7 Å². The molecule has 0 aliphatic heterocycles. The van der Waals surface area contributed by atoms with Gasteiger partial charge in [-0.05, 0) is 48.5 Å². The first-order valence-corrected chi connectivity index (χ1v) is 9.38. The molecule has 0 bridgehead atoms. The van der Waals surface area contributed by atoms with Crippen LogP contribution in [0.5, 0.6) is 5.75 Å². The largest absolute Gasteiger partial charge is 0.497 e. The summed E-state index contributed by atoms with van der Waals surface area (Å²) in [5, 5.41) is 9.05. The fourth-order valence-corrected chi connectivity index (χ4v) is 2.63. The number of ether oxygens (including phenoxy) is 1. The minimum Gasteiger partial charge on any atom is -0.497 e. The van der Waals surface area contributed by atoms with Gasteiger partial charge in [-0.25, -0.2) is 0 Å². The zero-order valence-corrected chi connectivity index (χ0v) is 16.8. The fraction of sp³-hybridized carbons (Fsp3) is 0.190. The van der Waals surface area contributed by atoms with Crippen molar-refractivity contribution < 1.29 is 23.6 Å². The SMILES string of the molecule is COc1ccc(-c2noc(CCC(=O)Nc3ccc(C(=O)NCC(N)=O)cc3)n2)cc1. The number of nitrogens with one attached hydrogen (secondary N) is 2. The van der Waals surface area contributed by atoms with E-state index < -0.39 is 11.8 Å². The summed E-state index contributed by atoms with van der Waals surface area (Å²) in [5.41, 5.74) is 6.64. The van der Waals surface area contributed by atoms with Gasteiger partial charge in [-0.1, -0.05) is 5.16 Å². The van der Waals surface area contributed by atoms with Gasteiger partial charge < -0.3 is 25.6 Å². The van der Waals surface area contributed by atoms with Gasteiger partial charge in [0, 0.05) is 29.7 Å². The predicted octanol–water partition coefficient (Wildman–Crippen LogP) is 1.53. The number of benzene rings is 2. The van der Waals surface area contributed by atoms with Gasteiger partial charge in [-0.15, -0.1) is 0 Å². The Kier molecular flexibility index (Phi) is 6.94. The molecule has 4 N–H and O–H groups in total. The van der Waals surface area contributed by atoms with Crippen LogP contribution in [0.15, 0.2) is 53.1 Å². The highest BCUT2D eigenvalue weighted by atomic mass is 16.5. The molecule has 10 heteroatoms. The number of aromatic nitrogens is 2. The highest BCUT2D eigenvalue weighted by Crippen LogP contribution is 2.20. The molecule has 0 spiro atoms. The molecule has 0 saturated heterocycles. The van der Waals surface area contributed by atoms with Gasteiger partial charge in [-0.2, -0.15) is 4.98 Å². The number of nitrogens with two attached hydrogens (primary N) is 1. The maximum Gasteiger partial charge on any atom is 0.251 e. The Morgan fingerprint density at radius 1 is 1.06 bits per heavy atom. The third kappa shape index (κ3) is 6.13. The number of carbonyl (C=O) groups excluding carboxylic acids is 3. The zero-order valence-electron chi connectivity index (χ0n) is 16.8. The number of primary amides is 1. The van der Waals surface area contributed by atoms with Crippen LogP contribution in [0.2, 0.25) is 0 Å². The van der Waals surface area contributed by atoms with Crippen molar-refractivity contribution in [2.75, 3.05) is 19.0 Å². The lowest BCUT2D eigenvalue weighted by molar-refractivity contribution is -0.117. The van der Waals surface area contributed by atoms with Crippen molar-refractivity contribution in [2.24, 2.45) is 5.73 Å². The Balaban J connectivity index is 1.49. The second kappa shape index (κ2) is 10.0. The zero-order chi connectivity index (χ0) is 22.2. The van der Waals surface area contributed by atoms with Gasteiger partial charge in [0.2, 0.25) is 23.5 Å². The van der Waals surface area contributed by atoms with E-state index in [-0.39, 0.29) is 25.3 Å². The molecule has 0 atom stereocenters. The molecule has 2 aromatic carbocycles. The van der Waals surface area contributed by atoms with Gasteiger partial charge >= 0.3 is 0 Å². The topological polar surface area (TPSA) is 149 Å². The molecule has 1 aromatic heterocycles. The first-order chi connectivity index (χ1) is 14.9. The first kappa shape index (κ1) is 21.5. The summed E-state index contributed by atoms with van der Waals surface area (Å²) in [6.45, 7) is -0.243. The number of aryl methyl sites for hydroxylation is 1. The molecular weight excluding hydrogens is 402 g/mol. The quantitative estimate of drug-likeness (QED) is 0.472. The maximum atomic E-state index is 12.2. The van der Waals surface area contributed by atoms with E-state index in [0.29, 0.717) is 23.0 Å². The highest BCUT2D eigenvalue weighted by molar-refractivity contribution is 5.97. The van der Waals surface area contributed by atoms with E-state index in [1.807, 2.05) is 12.1 Å². The van der Waals surface area contributed by atoms with Gasteiger partial charge in [-0.3, -0.25) is 14.4 Å². The lowest BCUT2D eigenvalue weighted by atomic mass is 10.2. The van der Waals surface area contributed by atoms with Crippen molar-refractivity contribution >= 4 is 23.4 Å². The Hall–Kier alpha value is -4.21. The maximum absolute atomic E-state index is 12.2. The summed E-state index contributed by atoms with van der Waals surface area (Å²) in [7, 11) is 1.59. The Morgan fingerprint density at radius 2 is 1.77 bits per heavy atom. The molecule has 0 fully saturated rings. The van der Waals surface area contributed by atoms with Crippen LogP contribution >= 0.6 is 0 Å². The lowest BCUT2D eigenvalue weighted by Gasteiger charge is -2.06. The molecule has 0 unspecified atom stereocenters. The van der Waals surface area contributed by atoms with E-state index in [1.54, 1.807) is 31.4 Å². The van der Waals surface area contributed by atoms with Crippen molar-refractivity contribution in [3.8, 4) is 17.1 Å². The normalized spacial score (nSPS) is 10.4. The average molecular weight is 423 g/mol. The summed E-state index contributed by atoms with van der Waals surface area (Å²) < 4.78 is 10.3. The van der Waals surface area contributed by atoms with E-state index in [2.05, 4.69) is 20.8 Å². The van der Waals surface area contributed by atoms with Crippen molar-refractivity contribution in [1.29, 1.82) is 0 Å². The molecule has 3 amide bonds. The number of hydrogen-bond acceptors (Lipinski definition) is 7. The smallest absolute Gasteiger partial charge is 0.251 e. The van der Waals surface area contributed by atoms with Crippen LogP contribution in [-0.4, -0.2) is 41.5 Å². The predicted molar refractivity (Wildman–Crippen MR) is 111 cm³/mol. The summed E-state index contributed by atoms with van der Waals surface area (Å²) in [6, 6.07) is 13.5. The number of nitrogens with zero attached hydrogens (tertiary/aromatic N) is 2. The van der Waals surface area contributed by atoms with Crippen molar-refractivity contribution in [3.63, 3.8) is 0 Å².